The molecule has 0 aliphatic rings. The van der Waals surface area contributed by atoms with Crippen molar-refractivity contribution in [2.45, 2.75) is 45.8 Å². The van der Waals surface area contributed by atoms with Crippen molar-refractivity contribution in [1.82, 2.24) is 5.32 Å². The van der Waals surface area contributed by atoms with E-state index >= 15 is 0 Å². The lowest BCUT2D eigenvalue weighted by atomic mass is 10.1. The van der Waals surface area contributed by atoms with Gasteiger partial charge in [-0.15, -0.1) is 0 Å². The van der Waals surface area contributed by atoms with Gasteiger partial charge in [0.25, 0.3) is 5.91 Å². The molecule has 0 fully saturated rings. The molecular formula is C20H25NO4. The fraction of sp³-hybridized carbons (Fsp3) is 0.400. The zero-order valence-corrected chi connectivity index (χ0v) is 15.4. The zero-order chi connectivity index (χ0) is 18.7. The Morgan fingerprint density at radius 3 is 2.28 bits per heavy atom. The molecule has 5 nitrogen and oxygen atoms in total. The van der Waals surface area contributed by atoms with Crippen LogP contribution in [0.5, 0.6) is 5.75 Å². The van der Waals surface area contributed by atoms with Gasteiger partial charge in [0.15, 0.2) is 5.60 Å². The standard InChI is InChI=1S/C20H25NO4/c1-19(2,3)25-17(22)13-21-18(23)20(4,5)24-16-12-8-10-14-9-6-7-11-15(14)16/h6-12H,13H2,1-5H3,(H,21,23). The molecule has 0 atom stereocenters. The highest BCUT2D eigenvalue weighted by molar-refractivity contribution is 5.91. The summed E-state index contributed by atoms with van der Waals surface area (Å²) in [6.07, 6.45) is 0. The van der Waals surface area contributed by atoms with Gasteiger partial charge in [0, 0.05) is 5.39 Å². The van der Waals surface area contributed by atoms with Crippen molar-refractivity contribution in [1.29, 1.82) is 0 Å². The van der Waals surface area contributed by atoms with Gasteiger partial charge in [-0.1, -0.05) is 36.4 Å². The van der Waals surface area contributed by atoms with Crippen molar-refractivity contribution >= 4 is 22.6 Å². The van der Waals surface area contributed by atoms with Crippen LogP contribution < -0.4 is 10.1 Å². The number of rotatable bonds is 5. The lowest BCUT2D eigenvalue weighted by Gasteiger charge is -2.26. The second-order valence-electron chi connectivity index (χ2n) is 7.36. The molecule has 0 saturated heterocycles. The summed E-state index contributed by atoms with van der Waals surface area (Å²) in [6, 6.07) is 13.5. The van der Waals surface area contributed by atoms with Gasteiger partial charge in [-0.05, 0) is 46.1 Å². The number of carbonyl (C=O) groups is 2. The minimum absolute atomic E-state index is 0.196. The minimum atomic E-state index is -1.13. The molecular weight excluding hydrogens is 318 g/mol. The Labute approximate surface area is 148 Å². The van der Waals surface area contributed by atoms with Gasteiger partial charge in [0.1, 0.15) is 17.9 Å². The van der Waals surface area contributed by atoms with Crippen molar-refractivity contribution in [3.8, 4) is 5.75 Å². The van der Waals surface area contributed by atoms with Crippen molar-refractivity contribution in [2.75, 3.05) is 6.54 Å². The van der Waals surface area contributed by atoms with Crippen LogP contribution in [-0.2, 0) is 14.3 Å². The van der Waals surface area contributed by atoms with Gasteiger partial charge in [-0.2, -0.15) is 0 Å². The molecule has 0 spiro atoms. The van der Waals surface area contributed by atoms with Crippen molar-refractivity contribution in [2.24, 2.45) is 0 Å². The van der Waals surface area contributed by atoms with Crippen molar-refractivity contribution in [3.63, 3.8) is 0 Å². The van der Waals surface area contributed by atoms with Crippen LogP contribution in [0.3, 0.4) is 0 Å². The van der Waals surface area contributed by atoms with E-state index in [2.05, 4.69) is 5.32 Å². The van der Waals surface area contributed by atoms with E-state index in [1.54, 1.807) is 34.6 Å². The molecule has 0 bridgehead atoms. The maximum atomic E-state index is 12.4. The quantitative estimate of drug-likeness (QED) is 0.845. The van der Waals surface area contributed by atoms with E-state index in [0.717, 1.165) is 10.8 Å². The average molecular weight is 343 g/mol. The summed E-state index contributed by atoms with van der Waals surface area (Å²) in [5.74, 6) is -0.247. The van der Waals surface area contributed by atoms with Crippen LogP contribution in [0.15, 0.2) is 42.5 Å². The summed E-state index contributed by atoms with van der Waals surface area (Å²) in [6.45, 7) is 8.47. The number of amides is 1. The fourth-order valence-electron chi connectivity index (χ4n) is 2.35. The molecule has 5 heteroatoms. The van der Waals surface area contributed by atoms with Crippen LogP contribution in [-0.4, -0.2) is 29.6 Å². The highest BCUT2D eigenvalue weighted by Crippen LogP contribution is 2.28. The second kappa shape index (κ2) is 7.13. The van der Waals surface area contributed by atoms with E-state index in [0.29, 0.717) is 5.75 Å². The van der Waals surface area contributed by atoms with Gasteiger partial charge in [0.2, 0.25) is 0 Å². The summed E-state index contributed by atoms with van der Waals surface area (Å²) in [4.78, 5) is 24.2. The number of nitrogens with one attached hydrogen (secondary N) is 1. The van der Waals surface area contributed by atoms with E-state index in [1.807, 2.05) is 42.5 Å². The Morgan fingerprint density at radius 2 is 1.60 bits per heavy atom. The molecule has 0 aliphatic carbocycles. The van der Waals surface area contributed by atoms with Gasteiger partial charge < -0.3 is 14.8 Å². The lowest BCUT2D eigenvalue weighted by molar-refractivity contribution is -0.155. The number of ether oxygens (including phenoxy) is 2. The van der Waals surface area contributed by atoms with Crippen LogP contribution in [0.4, 0.5) is 0 Å². The molecule has 0 heterocycles. The van der Waals surface area contributed by atoms with E-state index in [4.69, 9.17) is 9.47 Å². The molecule has 2 aromatic carbocycles. The Kier molecular flexibility index (Phi) is 5.36. The van der Waals surface area contributed by atoms with Gasteiger partial charge in [-0.25, -0.2) is 0 Å². The third-order valence-corrected chi connectivity index (χ3v) is 3.47. The summed E-state index contributed by atoms with van der Waals surface area (Å²) < 4.78 is 11.1. The average Bonchev–Trinajstić information content (AvgIpc) is 2.51. The lowest BCUT2D eigenvalue weighted by Crippen LogP contribution is -2.48. The zero-order valence-electron chi connectivity index (χ0n) is 15.4. The minimum Gasteiger partial charge on any atom is -0.477 e. The first-order chi connectivity index (χ1) is 11.6. The predicted octanol–water partition coefficient (Wildman–Crippen LogP) is 3.46. The molecule has 1 amide bonds. The summed E-state index contributed by atoms with van der Waals surface area (Å²) >= 11 is 0. The Hall–Kier alpha value is -2.56. The van der Waals surface area contributed by atoms with Gasteiger partial charge in [-0.3, -0.25) is 9.59 Å². The highest BCUT2D eigenvalue weighted by Gasteiger charge is 2.31. The number of fused-ring (bicyclic) bond motifs is 1. The SMILES string of the molecule is CC(C)(C)OC(=O)CNC(=O)C(C)(C)Oc1cccc2ccccc12. The first kappa shape index (κ1) is 18.8. The fourth-order valence-corrected chi connectivity index (χ4v) is 2.35. The topological polar surface area (TPSA) is 64.6 Å². The number of benzene rings is 2. The maximum absolute atomic E-state index is 12.4. The van der Waals surface area contributed by atoms with E-state index in [9.17, 15) is 9.59 Å². The molecule has 1 N–H and O–H groups in total. The smallest absolute Gasteiger partial charge is 0.325 e. The number of esters is 1. The molecule has 134 valence electrons. The van der Waals surface area contributed by atoms with Gasteiger partial charge in [0.05, 0.1) is 0 Å². The van der Waals surface area contributed by atoms with Crippen molar-refractivity contribution < 1.29 is 19.1 Å². The third-order valence-electron chi connectivity index (χ3n) is 3.47. The monoisotopic (exact) mass is 343 g/mol. The number of hydrogen-bond donors (Lipinski definition) is 1. The van der Waals surface area contributed by atoms with E-state index in [-0.39, 0.29) is 12.5 Å². The van der Waals surface area contributed by atoms with Crippen LogP contribution in [0.1, 0.15) is 34.6 Å². The van der Waals surface area contributed by atoms with Crippen LogP contribution >= 0.6 is 0 Å². The molecule has 0 aliphatic heterocycles. The Balaban J connectivity index is 2.05. The van der Waals surface area contributed by atoms with Crippen molar-refractivity contribution in [3.05, 3.63) is 42.5 Å². The molecule has 2 aromatic rings. The van der Waals surface area contributed by atoms with Gasteiger partial charge >= 0.3 is 5.97 Å². The molecule has 0 radical (unpaired) electrons. The first-order valence-electron chi connectivity index (χ1n) is 8.25. The third kappa shape index (κ3) is 5.21. The number of hydrogen-bond acceptors (Lipinski definition) is 4. The maximum Gasteiger partial charge on any atom is 0.325 e. The van der Waals surface area contributed by atoms with Crippen LogP contribution in [0.2, 0.25) is 0 Å². The van der Waals surface area contributed by atoms with Crippen LogP contribution in [0.25, 0.3) is 10.8 Å². The molecule has 0 saturated carbocycles. The predicted molar refractivity (Wildman–Crippen MR) is 97.5 cm³/mol. The number of carbonyl (C=O) groups excluding carboxylic acids is 2. The molecule has 2 rings (SSSR count). The first-order valence-corrected chi connectivity index (χ1v) is 8.25. The Morgan fingerprint density at radius 1 is 0.960 bits per heavy atom. The van der Waals surface area contributed by atoms with Crippen LogP contribution in [0, 0.1) is 0 Å². The second-order valence-corrected chi connectivity index (χ2v) is 7.36. The molecule has 0 unspecified atom stereocenters. The van der Waals surface area contributed by atoms with E-state index in [1.165, 1.54) is 0 Å². The Bertz CT molecular complexity index is 769. The summed E-state index contributed by atoms with van der Waals surface area (Å²) in [7, 11) is 0. The van der Waals surface area contributed by atoms with E-state index < -0.39 is 17.2 Å². The summed E-state index contributed by atoms with van der Waals surface area (Å²) in [5, 5.41) is 4.54. The largest absolute Gasteiger partial charge is 0.477 e. The highest BCUT2D eigenvalue weighted by atomic mass is 16.6. The molecule has 0 aromatic heterocycles. The molecule has 25 heavy (non-hydrogen) atoms. The summed E-state index contributed by atoms with van der Waals surface area (Å²) in [5.41, 5.74) is -1.72. The normalized spacial score (nSPS) is 11.9.